The van der Waals surface area contributed by atoms with Gasteiger partial charge in [0.15, 0.2) is 0 Å². The maximum Gasteiger partial charge on any atom is 0.322 e. The normalized spacial score (nSPS) is 26.6. The zero-order chi connectivity index (χ0) is 27.0. The number of hydrogen-bond acceptors (Lipinski definition) is 5. The van der Waals surface area contributed by atoms with Gasteiger partial charge in [-0.2, -0.15) is 0 Å². The lowest BCUT2D eigenvalue weighted by Gasteiger charge is -2.57. The predicted molar refractivity (Wildman–Crippen MR) is 150 cm³/mol. The van der Waals surface area contributed by atoms with Crippen molar-refractivity contribution >= 4 is 11.9 Å². The minimum absolute atomic E-state index is 0.0711. The first-order chi connectivity index (χ1) is 17.1. The molecule has 1 heterocycles. The lowest BCUT2D eigenvalue weighted by molar-refractivity contribution is -0.299. The van der Waals surface area contributed by atoms with Crippen LogP contribution in [-0.2, 0) is 19.2 Å². The molecular weight excluding hydrogens is 450 g/mol. The second-order valence-corrected chi connectivity index (χ2v) is 11.8. The Morgan fingerprint density at radius 1 is 0.778 bits per heavy atom. The molecule has 1 aliphatic heterocycles. The lowest BCUT2D eigenvalue weighted by Crippen LogP contribution is -2.68. The van der Waals surface area contributed by atoms with E-state index in [1.165, 1.54) is 84.0 Å². The molecule has 0 aromatic heterocycles. The van der Waals surface area contributed by atoms with Gasteiger partial charge in [-0.15, -0.1) is 5.06 Å². The Morgan fingerprint density at radius 3 is 1.67 bits per heavy atom. The van der Waals surface area contributed by atoms with Crippen molar-refractivity contribution in [1.29, 1.82) is 0 Å². The van der Waals surface area contributed by atoms with E-state index in [4.69, 9.17) is 9.57 Å². The van der Waals surface area contributed by atoms with Crippen LogP contribution in [0.4, 0.5) is 0 Å². The first-order valence-electron chi connectivity index (χ1n) is 15.3. The van der Waals surface area contributed by atoms with Gasteiger partial charge in [0.25, 0.3) is 0 Å². The van der Waals surface area contributed by atoms with Gasteiger partial charge in [-0.05, 0) is 33.1 Å². The van der Waals surface area contributed by atoms with Gasteiger partial charge in [0, 0.05) is 25.7 Å². The molecule has 1 fully saturated rings. The molecule has 1 aliphatic rings. The van der Waals surface area contributed by atoms with E-state index in [1.54, 1.807) is 0 Å². The van der Waals surface area contributed by atoms with Crippen LogP contribution in [0.2, 0.25) is 0 Å². The summed E-state index contributed by atoms with van der Waals surface area (Å²) in [6.45, 7) is 14.3. The third kappa shape index (κ3) is 10.7. The SMILES string of the molecule is CCCCCCCCCCCCCCCCC(=O)OC1CC(C)(CC)N(OC(C)=O)C(C)(CC)C1C. The minimum Gasteiger partial charge on any atom is -0.462 e. The number of carbonyl (C=O) groups excluding carboxylic acids is 2. The molecule has 0 saturated carbocycles. The van der Waals surface area contributed by atoms with E-state index in [-0.39, 0.29) is 35.0 Å². The molecule has 5 nitrogen and oxygen atoms in total. The van der Waals surface area contributed by atoms with E-state index < -0.39 is 0 Å². The van der Waals surface area contributed by atoms with Gasteiger partial charge in [-0.1, -0.05) is 111 Å². The van der Waals surface area contributed by atoms with Gasteiger partial charge in [-0.3, -0.25) is 9.59 Å². The van der Waals surface area contributed by atoms with E-state index >= 15 is 0 Å². The van der Waals surface area contributed by atoms with Crippen molar-refractivity contribution in [3.05, 3.63) is 0 Å². The molecule has 0 aromatic carbocycles. The molecule has 5 heteroatoms. The molecular formula is C31H59NO4. The lowest BCUT2D eigenvalue weighted by atomic mass is 9.69. The molecule has 1 saturated heterocycles. The van der Waals surface area contributed by atoms with Crippen LogP contribution < -0.4 is 0 Å². The second-order valence-electron chi connectivity index (χ2n) is 11.8. The van der Waals surface area contributed by atoms with Crippen molar-refractivity contribution in [2.45, 2.75) is 181 Å². The zero-order valence-electron chi connectivity index (χ0n) is 25.0. The zero-order valence-corrected chi connectivity index (χ0v) is 25.0. The number of rotatable bonds is 19. The van der Waals surface area contributed by atoms with Crippen molar-refractivity contribution < 1.29 is 19.2 Å². The monoisotopic (exact) mass is 509 g/mol. The van der Waals surface area contributed by atoms with Crippen LogP contribution >= 0.6 is 0 Å². The second kappa shape index (κ2) is 17.4. The highest BCUT2D eigenvalue weighted by Crippen LogP contribution is 2.47. The van der Waals surface area contributed by atoms with Crippen molar-refractivity contribution in [1.82, 2.24) is 5.06 Å². The molecule has 1 rings (SSSR count). The highest BCUT2D eigenvalue weighted by molar-refractivity contribution is 5.69. The summed E-state index contributed by atoms with van der Waals surface area (Å²) in [6.07, 6.45) is 21.0. The van der Waals surface area contributed by atoms with Gasteiger partial charge in [0.05, 0.1) is 11.1 Å². The number of unbranched alkanes of at least 4 members (excludes halogenated alkanes) is 13. The largest absolute Gasteiger partial charge is 0.462 e. The highest BCUT2D eigenvalue weighted by Gasteiger charge is 2.56. The fraction of sp³-hybridized carbons (Fsp3) is 0.935. The van der Waals surface area contributed by atoms with Crippen LogP contribution in [0.1, 0.15) is 164 Å². The van der Waals surface area contributed by atoms with Crippen molar-refractivity contribution in [2.75, 3.05) is 0 Å². The summed E-state index contributed by atoms with van der Waals surface area (Å²) >= 11 is 0. The van der Waals surface area contributed by atoms with Crippen molar-refractivity contribution in [3.8, 4) is 0 Å². The fourth-order valence-corrected chi connectivity index (χ4v) is 5.83. The predicted octanol–water partition coefficient (Wildman–Crippen LogP) is 8.93. The van der Waals surface area contributed by atoms with Gasteiger partial charge < -0.3 is 9.57 Å². The molecule has 36 heavy (non-hydrogen) atoms. The summed E-state index contributed by atoms with van der Waals surface area (Å²) in [5.41, 5.74) is -0.738. The molecule has 0 spiro atoms. The van der Waals surface area contributed by atoms with Gasteiger partial charge >= 0.3 is 11.9 Å². The molecule has 0 radical (unpaired) electrons. The standard InChI is InChI=1S/C31H59NO4/c1-8-11-12-13-14-15-16-17-18-19-20-21-22-23-24-29(34)35-28-25-30(6,9-2)32(36-27(5)33)31(7,10-3)26(28)4/h26,28H,8-25H2,1-7H3. The summed E-state index contributed by atoms with van der Waals surface area (Å²) < 4.78 is 6.06. The number of esters is 1. The van der Waals surface area contributed by atoms with Gasteiger partial charge in [0.1, 0.15) is 6.10 Å². The van der Waals surface area contributed by atoms with Crippen LogP contribution in [0.15, 0.2) is 0 Å². The quantitative estimate of drug-likeness (QED) is 0.128. The summed E-state index contributed by atoms with van der Waals surface area (Å²) in [5.74, 6) is -0.305. The van der Waals surface area contributed by atoms with Crippen LogP contribution in [0.3, 0.4) is 0 Å². The van der Waals surface area contributed by atoms with Crippen molar-refractivity contribution in [2.24, 2.45) is 5.92 Å². The Kier molecular flexibility index (Phi) is 15.9. The fourth-order valence-electron chi connectivity index (χ4n) is 5.83. The number of hydroxylamine groups is 2. The van der Waals surface area contributed by atoms with E-state index in [9.17, 15) is 9.59 Å². The van der Waals surface area contributed by atoms with E-state index in [1.807, 2.05) is 5.06 Å². The molecule has 0 aromatic rings. The average Bonchev–Trinajstić information content (AvgIpc) is 2.85. The number of ether oxygens (including phenoxy) is 1. The topological polar surface area (TPSA) is 55.8 Å². The van der Waals surface area contributed by atoms with Gasteiger partial charge in [-0.25, -0.2) is 0 Å². The number of hydrogen-bond donors (Lipinski definition) is 0. The maximum atomic E-state index is 12.7. The maximum absolute atomic E-state index is 12.7. The third-order valence-corrected chi connectivity index (χ3v) is 8.85. The molecule has 0 bridgehead atoms. The summed E-state index contributed by atoms with van der Waals surface area (Å²) in [6, 6.07) is 0. The molecule has 0 N–H and O–H groups in total. The Labute approximate surface area is 223 Å². The Hall–Kier alpha value is -1.10. The Bertz CT molecular complexity index is 624. The third-order valence-electron chi connectivity index (χ3n) is 8.85. The molecule has 4 unspecified atom stereocenters. The first-order valence-corrected chi connectivity index (χ1v) is 15.3. The number of carbonyl (C=O) groups is 2. The Morgan fingerprint density at radius 2 is 1.25 bits per heavy atom. The minimum atomic E-state index is -0.380. The first kappa shape index (κ1) is 32.9. The molecule has 4 atom stereocenters. The van der Waals surface area contributed by atoms with E-state index in [0.29, 0.717) is 12.8 Å². The molecule has 0 aliphatic carbocycles. The number of piperidine rings is 1. The molecule has 0 amide bonds. The van der Waals surface area contributed by atoms with E-state index in [2.05, 4.69) is 41.5 Å². The highest BCUT2D eigenvalue weighted by atomic mass is 16.7. The average molecular weight is 510 g/mol. The van der Waals surface area contributed by atoms with Gasteiger partial charge in [0.2, 0.25) is 0 Å². The smallest absolute Gasteiger partial charge is 0.322 e. The van der Waals surface area contributed by atoms with Crippen LogP contribution in [0.5, 0.6) is 0 Å². The van der Waals surface area contributed by atoms with Crippen LogP contribution in [0.25, 0.3) is 0 Å². The summed E-state index contributed by atoms with van der Waals surface area (Å²) in [4.78, 5) is 30.3. The van der Waals surface area contributed by atoms with Crippen molar-refractivity contribution in [3.63, 3.8) is 0 Å². The summed E-state index contributed by atoms with van der Waals surface area (Å²) in [5, 5.41) is 1.91. The Balaban J connectivity index is 2.30. The van der Waals surface area contributed by atoms with Crippen LogP contribution in [-0.4, -0.2) is 34.2 Å². The summed E-state index contributed by atoms with van der Waals surface area (Å²) in [7, 11) is 0. The number of nitrogens with zero attached hydrogens (tertiary/aromatic N) is 1. The van der Waals surface area contributed by atoms with Crippen LogP contribution in [0, 0.1) is 5.92 Å². The molecule has 212 valence electrons. The van der Waals surface area contributed by atoms with E-state index in [0.717, 1.165) is 25.7 Å².